The molecular weight excluding hydrogens is 509 g/mol. The topological polar surface area (TPSA) is 87.2 Å². The molecule has 170 valence electrons. The van der Waals surface area contributed by atoms with Crippen LogP contribution < -0.4 is 25.4 Å². The summed E-state index contributed by atoms with van der Waals surface area (Å²) >= 11 is 0. The van der Waals surface area contributed by atoms with Gasteiger partial charge in [-0.05, 0) is 43.9 Å². The summed E-state index contributed by atoms with van der Waals surface area (Å²) in [6.45, 7) is 1.92. The van der Waals surface area contributed by atoms with Gasteiger partial charge in [0.05, 0.1) is 14.2 Å². The van der Waals surface area contributed by atoms with Crippen molar-refractivity contribution in [2.75, 3.05) is 53.8 Å². The number of amides is 1. The highest BCUT2D eigenvalue weighted by molar-refractivity contribution is 14.0. The molecule has 8 nitrogen and oxygen atoms in total. The lowest BCUT2D eigenvalue weighted by atomic mass is 10.1. The summed E-state index contributed by atoms with van der Waals surface area (Å²) in [5, 5.41) is 9.40. The lowest BCUT2D eigenvalue weighted by Gasteiger charge is -2.14. The first kappa shape index (κ1) is 26.5. The first-order valence-electron chi connectivity index (χ1n) is 9.68. The number of benzene rings is 2. The van der Waals surface area contributed by atoms with Crippen LogP contribution in [0.5, 0.6) is 11.5 Å². The van der Waals surface area contributed by atoms with Gasteiger partial charge in [0.15, 0.2) is 17.5 Å². The number of hydrogen-bond donors (Lipinski definition) is 3. The average molecular weight is 541 g/mol. The smallest absolute Gasteiger partial charge is 0.251 e. The molecule has 0 spiro atoms. The summed E-state index contributed by atoms with van der Waals surface area (Å²) < 4.78 is 10.6. The molecule has 1 amide bonds. The molecular formula is C22H32IN5O3. The van der Waals surface area contributed by atoms with E-state index >= 15 is 0 Å². The molecule has 2 aromatic rings. The van der Waals surface area contributed by atoms with Crippen molar-refractivity contribution in [1.29, 1.82) is 0 Å². The Labute approximate surface area is 201 Å². The van der Waals surface area contributed by atoms with Crippen LogP contribution in [0.1, 0.15) is 15.9 Å². The standard InChI is InChI=1S/C22H31N5O3.HI/c1-23-22(26-18-9-10-19(29-4)20(14-18)30-5)25-15-16-7-6-8-17(13-16)21(28)24-11-12-27(2)3;/h6-10,13-14H,11-12,15H2,1-5H3,(H,24,28)(H2,23,25,26);1H. The molecule has 2 aromatic carbocycles. The van der Waals surface area contributed by atoms with E-state index in [0.29, 0.717) is 36.1 Å². The number of guanidine groups is 1. The van der Waals surface area contributed by atoms with Gasteiger partial charge in [-0.25, -0.2) is 0 Å². The van der Waals surface area contributed by atoms with Crippen LogP contribution in [0.15, 0.2) is 47.5 Å². The zero-order valence-electron chi connectivity index (χ0n) is 18.7. The van der Waals surface area contributed by atoms with Crippen LogP contribution in [0.2, 0.25) is 0 Å². The highest BCUT2D eigenvalue weighted by Gasteiger charge is 2.08. The number of halogens is 1. The molecule has 0 heterocycles. The van der Waals surface area contributed by atoms with Crippen molar-refractivity contribution in [2.45, 2.75) is 6.54 Å². The summed E-state index contributed by atoms with van der Waals surface area (Å²) in [6, 6.07) is 13.1. The van der Waals surface area contributed by atoms with Crippen molar-refractivity contribution in [1.82, 2.24) is 15.5 Å². The van der Waals surface area contributed by atoms with Crippen LogP contribution >= 0.6 is 24.0 Å². The van der Waals surface area contributed by atoms with Crippen molar-refractivity contribution in [3.05, 3.63) is 53.6 Å². The number of carbonyl (C=O) groups is 1. The summed E-state index contributed by atoms with van der Waals surface area (Å²) in [7, 11) is 8.84. The third-order valence-corrected chi connectivity index (χ3v) is 4.36. The van der Waals surface area contributed by atoms with Crippen molar-refractivity contribution >= 4 is 41.5 Å². The van der Waals surface area contributed by atoms with Gasteiger partial charge in [-0.15, -0.1) is 24.0 Å². The quantitative estimate of drug-likeness (QED) is 0.257. The van der Waals surface area contributed by atoms with Crippen LogP contribution in [0, 0.1) is 0 Å². The van der Waals surface area contributed by atoms with Crippen molar-refractivity contribution in [2.24, 2.45) is 4.99 Å². The molecule has 9 heteroatoms. The second-order valence-electron chi connectivity index (χ2n) is 6.88. The summed E-state index contributed by atoms with van der Waals surface area (Å²) in [5.41, 5.74) is 2.43. The molecule has 0 aliphatic heterocycles. The summed E-state index contributed by atoms with van der Waals surface area (Å²) in [4.78, 5) is 18.6. The van der Waals surface area contributed by atoms with E-state index < -0.39 is 0 Å². The van der Waals surface area contributed by atoms with E-state index in [-0.39, 0.29) is 29.9 Å². The number of nitrogens with one attached hydrogen (secondary N) is 3. The second-order valence-corrected chi connectivity index (χ2v) is 6.88. The maximum Gasteiger partial charge on any atom is 0.251 e. The third-order valence-electron chi connectivity index (χ3n) is 4.36. The normalized spacial score (nSPS) is 10.8. The second kappa shape index (κ2) is 13.7. The van der Waals surface area contributed by atoms with E-state index in [9.17, 15) is 4.79 Å². The molecule has 0 unspecified atom stereocenters. The lowest BCUT2D eigenvalue weighted by Crippen LogP contribution is -2.32. The maximum absolute atomic E-state index is 12.3. The molecule has 0 bridgehead atoms. The van der Waals surface area contributed by atoms with Crippen LogP contribution in [0.25, 0.3) is 0 Å². The van der Waals surface area contributed by atoms with E-state index in [4.69, 9.17) is 9.47 Å². The number of rotatable bonds is 9. The minimum absolute atomic E-state index is 0. The molecule has 3 N–H and O–H groups in total. The fourth-order valence-electron chi connectivity index (χ4n) is 2.73. The first-order valence-corrected chi connectivity index (χ1v) is 9.68. The molecule has 0 saturated heterocycles. The van der Waals surface area contributed by atoms with Crippen LogP contribution in [-0.2, 0) is 6.54 Å². The Bertz CT molecular complexity index is 874. The van der Waals surface area contributed by atoms with Crippen LogP contribution in [-0.4, -0.2) is 65.2 Å². The van der Waals surface area contributed by atoms with E-state index in [1.807, 2.05) is 61.5 Å². The first-order chi connectivity index (χ1) is 14.5. The Morgan fingerprint density at radius 2 is 1.77 bits per heavy atom. The van der Waals surface area contributed by atoms with Gasteiger partial charge in [0, 0.05) is 44.0 Å². The number of carbonyl (C=O) groups excluding carboxylic acids is 1. The molecule has 2 rings (SSSR count). The predicted molar refractivity (Wildman–Crippen MR) is 136 cm³/mol. The summed E-state index contributed by atoms with van der Waals surface area (Å²) in [6.07, 6.45) is 0. The molecule has 0 aliphatic rings. The molecule has 0 atom stereocenters. The number of methoxy groups -OCH3 is 2. The molecule has 31 heavy (non-hydrogen) atoms. The number of ether oxygens (including phenoxy) is 2. The SMILES string of the molecule is CN=C(NCc1cccc(C(=O)NCCN(C)C)c1)Nc1ccc(OC)c(OC)c1.I. The van der Waals surface area contributed by atoms with Gasteiger partial charge >= 0.3 is 0 Å². The maximum atomic E-state index is 12.3. The van der Waals surface area contributed by atoms with Gasteiger partial charge in [0.2, 0.25) is 0 Å². The molecule has 0 aromatic heterocycles. The Kier molecular flexibility index (Phi) is 11.7. The van der Waals surface area contributed by atoms with Gasteiger partial charge in [-0.1, -0.05) is 12.1 Å². The minimum Gasteiger partial charge on any atom is -0.493 e. The van der Waals surface area contributed by atoms with Gasteiger partial charge in [0.1, 0.15) is 0 Å². The minimum atomic E-state index is -0.0773. The highest BCUT2D eigenvalue weighted by atomic mass is 127. The fraction of sp³-hybridized carbons (Fsp3) is 0.364. The molecule has 0 saturated carbocycles. The van der Waals surface area contributed by atoms with Crippen LogP contribution in [0.3, 0.4) is 0 Å². The number of hydrogen-bond acceptors (Lipinski definition) is 5. The predicted octanol–water partition coefficient (Wildman–Crippen LogP) is 2.80. The van der Waals surface area contributed by atoms with E-state index in [1.54, 1.807) is 21.3 Å². The summed E-state index contributed by atoms with van der Waals surface area (Å²) in [5.74, 6) is 1.81. The number of aliphatic imine (C=N–C) groups is 1. The van der Waals surface area contributed by atoms with Crippen molar-refractivity contribution in [3.63, 3.8) is 0 Å². The zero-order valence-corrected chi connectivity index (χ0v) is 21.0. The largest absolute Gasteiger partial charge is 0.493 e. The Morgan fingerprint density at radius 3 is 2.42 bits per heavy atom. The molecule has 0 fully saturated rings. The Morgan fingerprint density at radius 1 is 1.03 bits per heavy atom. The van der Waals surface area contributed by atoms with Gasteiger partial charge in [-0.3, -0.25) is 9.79 Å². The fourth-order valence-corrected chi connectivity index (χ4v) is 2.73. The Hall–Kier alpha value is -2.53. The van der Waals surface area contributed by atoms with E-state index in [1.165, 1.54) is 0 Å². The van der Waals surface area contributed by atoms with E-state index in [0.717, 1.165) is 17.8 Å². The van der Waals surface area contributed by atoms with Gasteiger partial charge in [-0.2, -0.15) is 0 Å². The Balaban J connectivity index is 0.00000480. The monoisotopic (exact) mass is 541 g/mol. The van der Waals surface area contributed by atoms with E-state index in [2.05, 4.69) is 20.9 Å². The number of likely N-dealkylation sites (N-methyl/N-ethyl adjacent to an activating group) is 1. The molecule has 0 radical (unpaired) electrons. The average Bonchev–Trinajstić information content (AvgIpc) is 2.76. The molecule has 0 aliphatic carbocycles. The van der Waals surface area contributed by atoms with Crippen molar-refractivity contribution in [3.8, 4) is 11.5 Å². The van der Waals surface area contributed by atoms with Gasteiger partial charge < -0.3 is 30.3 Å². The third kappa shape index (κ3) is 8.62. The van der Waals surface area contributed by atoms with Crippen molar-refractivity contribution < 1.29 is 14.3 Å². The number of anilines is 1. The zero-order chi connectivity index (χ0) is 21.9. The number of nitrogens with zero attached hydrogens (tertiary/aromatic N) is 2. The van der Waals surface area contributed by atoms with Gasteiger partial charge in [0.25, 0.3) is 5.91 Å². The lowest BCUT2D eigenvalue weighted by molar-refractivity contribution is 0.0951. The highest BCUT2D eigenvalue weighted by Crippen LogP contribution is 2.29. The van der Waals surface area contributed by atoms with Crippen LogP contribution in [0.4, 0.5) is 5.69 Å².